The number of hydrogen-bond donors (Lipinski definition) is 2. The number of benzene rings is 1. The number of anilines is 1. The molecule has 0 saturated carbocycles. The SMILES string of the molecule is Cc1ccncc1CNC(=O)c1c(C)cccc1N. The van der Waals surface area contributed by atoms with Crippen molar-refractivity contribution in [2.45, 2.75) is 20.4 Å². The minimum atomic E-state index is -0.154. The lowest BCUT2D eigenvalue weighted by Crippen LogP contribution is -2.25. The number of rotatable bonds is 3. The first-order valence-corrected chi connectivity index (χ1v) is 6.12. The lowest BCUT2D eigenvalue weighted by atomic mass is 10.1. The third kappa shape index (κ3) is 2.91. The second-order valence-corrected chi connectivity index (χ2v) is 4.52. The summed E-state index contributed by atoms with van der Waals surface area (Å²) in [6.45, 7) is 4.32. The molecule has 98 valence electrons. The molecule has 0 fully saturated rings. The number of aryl methyl sites for hydroxylation is 2. The summed E-state index contributed by atoms with van der Waals surface area (Å²) in [7, 11) is 0. The smallest absolute Gasteiger partial charge is 0.253 e. The normalized spacial score (nSPS) is 10.2. The Balaban J connectivity index is 2.13. The van der Waals surface area contributed by atoms with E-state index in [1.54, 1.807) is 18.5 Å². The fourth-order valence-electron chi connectivity index (χ4n) is 1.95. The number of nitrogen functional groups attached to an aromatic ring is 1. The predicted octanol–water partition coefficient (Wildman–Crippen LogP) is 2.21. The first-order chi connectivity index (χ1) is 9.09. The van der Waals surface area contributed by atoms with Crippen LogP contribution in [-0.4, -0.2) is 10.9 Å². The maximum Gasteiger partial charge on any atom is 0.253 e. The van der Waals surface area contributed by atoms with E-state index in [9.17, 15) is 4.79 Å². The van der Waals surface area contributed by atoms with Gasteiger partial charge in [0.1, 0.15) is 0 Å². The second-order valence-electron chi connectivity index (χ2n) is 4.52. The molecule has 0 aliphatic rings. The molecular weight excluding hydrogens is 238 g/mol. The topological polar surface area (TPSA) is 68.0 Å². The van der Waals surface area contributed by atoms with E-state index in [4.69, 9.17) is 5.73 Å². The van der Waals surface area contributed by atoms with Crippen LogP contribution >= 0.6 is 0 Å². The summed E-state index contributed by atoms with van der Waals surface area (Å²) in [5.41, 5.74) is 9.88. The minimum absolute atomic E-state index is 0.154. The van der Waals surface area contributed by atoms with Crippen LogP contribution in [0.4, 0.5) is 5.69 Å². The summed E-state index contributed by atoms with van der Waals surface area (Å²) < 4.78 is 0. The molecule has 2 aromatic rings. The fraction of sp³-hybridized carbons (Fsp3) is 0.200. The van der Waals surface area contributed by atoms with Crippen LogP contribution in [0.2, 0.25) is 0 Å². The average molecular weight is 255 g/mol. The number of aromatic nitrogens is 1. The molecule has 0 aliphatic heterocycles. The number of carbonyl (C=O) groups is 1. The lowest BCUT2D eigenvalue weighted by molar-refractivity contribution is 0.0951. The largest absolute Gasteiger partial charge is 0.398 e. The molecule has 19 heavy (non-hydrogen) atoms. The third-order valence-electron chi connectivity index (χ3n) is 3.12. The van der Waals surface area contributed by atoms with E-state index in [1.165, 1.54) is 0 Å². The van der Waals surface area contributed by atoms with E-state index < -0.39 is 0 Å². The Morgan fingerprint density at radius 2 is 2.05 bits per heavy atom. The molecule has 0 unspecified atom stereocenters. The Labute approximate surface area is 112 Å². The highest BCUT2D eigenvalue weighted by molar-refractivity contribution is 6.00. The molecule has 0 atom stereocenters. The van der Waals surface area contributed by atoms with Gasteiger partial charge in [-0.25, -0.2) is 0 Å². The summed E-state index contributed by atoms with van der Waals surface area (Å²) in [5.74, 6) is -0.154. The molecule has 0 spiro atoms. The summed E-state index contributed by atoms with van der Waals surface area (Å²) >= 11 is 0. The van der Waals surface area contributed by atoms with Gasteiger partial charge >= 0.3 is 0 Å². The number of nitrogens with one attached hydrogen (secondary N) is 1. The maximum absolute atomic E-state index is 12.2. The molecule has 0 aliphatic carbocycles. The van der Waals surface area contributed by atoms with Crippen molar-refractivity contribution in [2.24, 2.45) is 0 Å². The molecule has 1 heterocycles. The Morgan fingerprint density at radius 1 is 1.26 bits per heavy atom. The van der Waals surface area contributed by atoms with E-state index >= 15 is 0 Å². The zero-order chi connectivity index (χ0) is 13.8. The molecular formula is C15H17N3O. The van der Waals surface area contributed by atoms with Crippen LogP contribution in [0.15, 0.2) is 36.7 Å². The van der Waals surface area contributed by atoms with Crippen molar-refractivity contribution in [3.8, 4) is 0 Å². The van der Waals surface area contributed by atoms with Crippen LogP contribution in [0, 0.1) is 13.8 Å². The number of nitrogens with zero attached hydrogens (tertiary/aromatic N) is 1. The first-order valence-electron chi connectivity index (χ1n) is 6.12. The summed E-state index contributed by atoms with van der Waals surface area (Å²) in [6, 6.07) is 7.37. The highest BCUT2D eigenvalue weighted by Gasteiger charge is 2.12. The Hall–Kier alpha value is -2.36. The van der Waals surface area contributed by atoms with Gasteiger partial charge in [-0.2, -0.15) is 0 Å². The van der Waals surface area contributed by atoms with E-state index in [-0.39, 0.29) is 5.91 Å². The van der Waals surface area contributed by atoms with E-state index in [1.807, 2.05) is 32.0 Å². The molecule has 0 radical (unpaired) electrons. The molecule has 3 N–H and O–H groups in total. The summed E-state index contributed by atoms with van der Waals surface area (Å²) in [5, 5.41) is 2.88. The number of amides is 1. The minimum Gasteiger partial charge on any atom is -0.398 e. The highest BCUT2D eigenvalue weighted by atomic mass is 16.1. The molecule has 2 rings (SSSR count). The average Bonchev–Trinajstić information content (AvgIpc) is 2.37. The van der Waals surface area contributed by atoms with Crippen LogP contribution in [0.1, 0.15) is 27.0 Å². The number of hydrogen-bond acceptors (Lipinski definition) is 3. The van der Waals surface area contributed by atoms with Crippen LogP contribution in [0.3, 0.4) is 0 Å². The lowest BCUT2D eigenvalue weighted by Gasteiger charge is -2.11. The molecule has 0 bridgehead atoms. The quantitative estimate of drug-likeness (QED) is 0.826. The van der Waals surface area contributed by atoms with Gasteiger partial charge in [-0.3, -0.25) is 9.78 Å². The number of carbonyl (C=O) groups excluding carboxylic acids is 1. The third-order valence-corrected chi connectivity index (χ3v) is 3.12. The van der Waals surface area contributed by atoms with Crippen molar-refractivity contribution in [1.82, 2.24) is 10.3 Å². The monoisotopic (exact) mass is 255 g/mol. The molecule has 1 amide bonds. The van der Waals surface area contributed by atoms with Crippen molar-refractivity contribution >= 4 is 11.6 Å². The first kappa shape index (κ1) is 13.1. The van der Waals surface area contributed by atoms with Crippen molar-refractivity contribution in [3.05, 3.63) is 58.9 Å². The van der Waals surface area contributed by atoms with Crippen LogP contribution < -0.4 is 11.1 Å². The van der Waals surface area contributed by atoms with Gasteiger partial charge in [-0.1, -0.05) is 12.1 Å². The Morgan fingerprint density at radius 3 is 2.74 bits per heavy atom. The summed E-state index contributed by atoms with van der Waals surface area (Å²) in [4.78, 5) is 16.2. The molecule has 1 aromatic heterocycles. The van der Waals surface area contributed by atoms with Gasteiger partial charge in [-0.05, 0) is 42.7 Å². The van der Waals surface area contributed by atoms with Crippen LogP contribution in [0.5, 0.6) is 0 Å². The van der Waals surface area contributed by atoms with Gasteiger partial charge in [0.25, 0.3) is 5.91 Å². The van der Waals surface area contributed by atoms with Gasteiger partial charge in [-0.15, -0.1) is 0 Å². The van der Waals surface area contributed by atoms with E-state index in [0.29, 0.717) is 17.8 Å². The number of nitrogens with two attached hydrogens (primary N) is 1. The maximum atomic E-state index is 12.2. The van der Waals surface area contributed by atoms with Gasteiger partial charge in [0, 0.05) is 24.6 Å². The van der Waals surface area contributed by atoms with Gasteiger partial charge < -0.3 is 11.1 Å². The van der Waals surface area contributed by atoms with Crippen LogP contribution in [-0.2, 0) is 6.54 Å². The molecule has 4 heteroatoms. The number of pyridine rings is 1. The van der Waals surface area contributed by atoms with Crippen molar-refractivity contribution in [1.29, 1.82) is 0 Å². The van der Waals surface area contributed by atoms with Crippen molar-refractivity contribution in [3.63, 3.8) is 0 Å². The zero-order valence-corrected chi connectivity index (χ0v) is 11.1. The Bertz CT molecular complexity index is 588. The van der Waals surface area contributed by atoms with Crippen molar-refractivity contribution in [2.75, 3.05) is 5.73 Å². The molecule has 0 saturated heterocycles. The van der Waals surface area contributed by atoms with E-state index in [2.05, 4.69) is 10.3 Å². The van der Waals surface area contributed by atoms with Gasteiger partial charge in [0.2, 0.25) is 0 Å². The Kier molecular flexibility index (Phi) is 3.80. The fourth-order valence-corrected chi connectivity index (χ4v) is 1.95. The highest BCUT2D eigenvalue weighted by Crippen LogP contribution is 2.16. The zero-order valence-electron chi connectivity index (χ0n) is 11.1. The second kappa shape index (κ2) is 5.52. The molecule has 4 nitrogen and oxygen atoms in total. The van der Waals surface area contributed by atoms with Gasteiger partial charge in [0.05, 0.1) is 5.56 Å². The molecule has 1 aromatic carbocycles. The van der Waals surface area contributed by atoms with Crippen molar-refractivity contribution < 1.29 is 4.79 Å². The summed E-state index contributed by atoms with van der Waals surface area (Å²) in [6.07, 6.45) is 3.50. The standard InChI is InChI=1S/C15H17N3O/c1-10-6-7-17-8-12(10)9-18-15(19)14-11(2)4-3-5-13(14)16/h3-8H,9,16H2,1-2H3,(H,18,19). The van der Waals surface area contributed by atoms with Crippen LogP contribution in [0.25, 0.3) is 0 Å². The predicted molar refractivity (Wildman–Crippen MR) is 75.7 cm³/mol. The van der Waals surface area contributed by atoms with Gasteiger partial charge in [0.15, 0.2) is 0 Å². The van der Waals surface area contributed by atoms with E-state index in [0.717, 1.165) is 16.7 Å².